The Balaban J connectivity index is 2.24. The first-order valence-corrected chi connectivity index (χ1v) is 6.00. The molecule has 0 saturated carbocycles. The molecule has 20 heavy (non-hydrogen) atoms. The number of aromatic nitrogens is 3. The van der Waals surface area contributed by atoms with Gasteiger partial charge in [-0.1, -0.05) is 6.92 Å². The first kappa shape index (κ1) is 14.4. The Bertz CT molecular complexity index is 561. The number of rotatable bonds is 4. The van der Waals surface area contributed by atoms with Crippen molar-refractivity contribution in [3.05, 3.63) is 29.8 Å². The van der Waals surface area contributed by atoms with Gasteiger partial charge < -0.3 is 9.73 Å². The highest BCUT2D eigenvalue weighted by Crippen LogP contribution is 2.29. The summed E-state index contributed by atoms with van der Waals surface area (Å²) >= 11 is 0. The van der Waals surface area contributed by atoms with Crippen LogP contribution in [0.25, 0.3) is 11.6 Å². The predicted molar refractivity (Wildman–Crippen MR) is 64.6 cm³/mol. The Morgan fingerprint density at radius 3 is 2.55 bits per heavy atom. The van der Waals surface area contributed by atoms with E-state index in [1.165, 1.54) is 6.07 Å². The lowest BCUT2D eigenvalue weighted by atomic mass is 10.2. The number of alkyl halides is 3. The third-order valence-corrected chi connectivity index (χ3v) is 2.81. The number of halogens is 3. The van der Waals surface area contributed by atoms with Crippen molar-refractivity contribution in [1.29, 1.82) is 0 Å². The van der Waals surface area contributed by atoms with Crippen LogP contribution in [0.1, 0.15) is 30.8 Å². The maximum Gasteiger partial charge on any atom is 0.417 e. The molecule has 2 rings (SSSR count). The molecule has 5 nitrogen and oxygen atoms in total. The lowest BCUT2D eigenvalue weighted by Crippen LogP contribution is -2.15. The van der Waals surface area contributed by atoms with Gasteiger partial charge in [-0.2, -0.15) is 13.2 Å². The molecule has 108 valence electrons. The standard InChI is InChI=1S/C12H13F3N4O/c1-3-8(16-2)10-18-19-11(20-10)9-5-4-7(6-17-9)12(13,14)15/h4-6,8,16H,3H2,1-2H3. The second kappa shape index (κ2) is 5.58. The molecule has 0 amide bonds. The predicted octanol–water partition coefficient (Wildman–Crippen LogP) is 2.82. The van der Waals surface area contributed by atoms with Gasteiger partial charge in [-0.15, -0.1) is 10.2 Å². The Morgan fingerprint density at radius 1 is 1.30 bits per heavy atom. The summed E-state index contributed by atoms with van der Waals surface area (Å²) in [5, 5.41) is 10.7. The van der Waals surface area contributed by atoms with Gasteiger partial charge in [-0.25, -0.2) is 0 Å². The van der Waals surface area contributed by atoms with E-state index < -0.39 is 11.7 Å². The largest absolute Gasteiger partial charge is 0.418 e. The smallest absolute Gasteiger partial charge is 0.417 e. The monoisotopic (exact) mass is 286 g/mol. The SMILES string of the molecule is CCC(NC)c1nnc(-c2ccc(C(F)(F)F)cn2)o1. The molecular weight excluding hydrogens is 273 g/mol. The molecule has 8 heteroatoms. The number of nitrogens with one attached hydrogen (secondary N) is 1. The number of hydrogen-bond donors (Lipinski definition) is 1. The number of nitrogens with zero attached hydrogens (tertiary/aromatic N) is 3. The molecule has 0 radical (unpaired) electrons. The quantitative estimate of drug-likeness (QED) is 0.936. The van der Waals surface area contributed by atoms with Gasteiger partial charge in [0.15, 0.2) is 0 Å². The van der Waals surface area contributed by atoms with E-state index in [1.54, 1.807) is 7.05 Å². The van der Waals surface area contributed by atoms with Crippen LogP contribution >= 0.6 is 0 Å². The molecular formula is C12H13F3N4O. The number of pyridine rings is 1. The molecule has 0 aliphatic heterocycles. The van der Waals surface area contributed by atoms with Crippen molar-refractivity contribution in [3.63, 3.8) is 0 Å². The molecule has 0 aromatic carbocycles. The van der Waals surface area contributed by atoms with E-state index in [4.69, 9.17) is 4.42 Å². The molecule has 0 aliphatic carbocycles. The molecule has 2 aromatic heterocycles. The van der Waals surface area contributed by atoms with Crippen molar-refractivity contribution >= 4 is 0 Å². The Morgan fingerprint density at radius 2 is 2.05 bits per heavy atom. The molecule has 2 heterocycles. The number of hydrogen-bond acceptors (Lipinski definition) is 5. The summed E-state index contributed by atoms with van der Waals surface area (Å²) in [6, 6.07) is 2.05. The molecule has 1 unspecified atom stereocenters. The normalized spacial score (nSPS) is 13.4. The maximum absolute atomic E-state index is 12.4. The molecule has 1 atom stereocenters. The van der Waals surface area contributed by atoms with Crippen molar-refractivity contribution in [2.24, 2.45) is 0 Å². The van der Waals surface area contributed by atoms with Crippen LogP contribution in [0, 0.1) is 0 Å². The third-order valence-electron chi connectivity index (χ3n) is 2.81. The van der Waals surface area contributed by atoms with Gasteiger partial charge in [0.05, 0.1) is 11.6 Å². The average Bonchev–Trinajstić information content (AvgIpc) is 2.89. The Hall–Kier alpha value is -1.96. The van der Waals surface area contributed by atoms with Crippen LogP contribution in [-0.2, 0) is 6.18 Å². The average molecular weight is 286 g/mol. The molecule has 0 spiro atoms. The summed E-state index contributed by atoms with van der Waals surface area (Å²) in [6.07, 6.45) is -2.92. The fraction of sp³-hybridized carbons (Fsp3) is 0.417. The molecule has 0 bridgehead atoms. The van der Waals surface area contributed by atoms with Crippen molar-refractivity contribution in [2.45, 2.75) is 25.6 Å². The van der Waals surface area contributed by atoms with Crippen LogP contribution in [-0.4, -0.2) is 22.2 Å². The summed E-state index contributed by atoms with van der Waals surface area (Å²) in [5.74, 6) is 0.481. The second-order valence-electron chi connectivity index (χ2n) is 4.12. The highest BCUT2D eigenvalue weighted by Gasteiger charge is 2.31. The molecule has 0 saturated heterocycles. The zero-order valence-corrected chi connectivity index (χ0v) is 10.9. The van der Waals surface area contributed by atoms with Gasteiger partial charge in [0.2, 0.25) is 5.89 Å². The van der Waals surface area contributed by atoms with Gasteiger partial charge in [-0.05, 0) is 25.6 Å². The van der Waals surface area contributed by atoms with Crippen LogP contribution < -0.4 is 5.32 Å². The van der Waals surface area contributed by atoms with Gasteiger partial charge >= 0.3 is 6.18 Å². The van der Waals surface area contributed by atoms with Gasteiger partial charge in [0.1, 0.15) is 5.69 Å². The van der Waals surface area contributed by atoms with Gasteiger partial charge in [-0.3, -0.25) is 4.98 Å². The van der Waals surface area contributed by atoms with Crippen LogP contribution in [0.4, 0.5) is 13.2 Å². The van der Waals surface area contributed by atoms with E-state index >= 15 is 0 Å². The van der Waals surface area contributed by atoms with E-state index in [-0.39, 0.29) is 17.6 Å². The Kier molecular flexibility index (Phi) is 4.03. The zero-order valence-electron chi connectivity index (χ0n) is 10.9. The summed E-state index contributed by atoms with van der Waals surface area (Å²) in [5.41, 5.74) is -0.606. The van der Waals surface area contributed by atoms with Crippen LogP contribution in [0.2, 0.25) is 0 Å². The summed E-state index contributed by atoms with van der Waals surface area (Å²) in [7, 11) is 1.76. The summed E-state index contributed by atoms with van der Waals surface area (Å²) in [4.78, 5) is 3.70. The van der Waals surface area contributed by atoms with Gasteiger partial charge in [0.25, 0.3) is 5.89 Å². The van der Waals surface area contributed by atoms with E-state index in [0.29, 0.717) is 5.89 Å². The van der Waals surface area contributed by atoms with Crippen LogP contribution in [0.3, 0.4) is 0 Å². The van der Waals surface area contributed by atoms with E-state index in [1.807, 2.05) is 6.92 Å². The molecule has 2 aromatic rings. The first-order valence-electron chi connectivity index (χ1n) is 6.00. The molecule has 0 aliphatic rings. The zero-order chi connectivity index (χ0) is 14.8. The Labute approximate surface area is 113 Å². The molecule has 0 fully saturated rings. The first-order chi connectivity index (χ1) is 9.45. The van der Waals surface area contributed by atoms with E-state index in [9.17, 15) is 13.2 Å². The highest BCUT2D eigenvalue weighted by atomic mass is 19.4. The molecule has 1 N–H and O–H groups in total. The van der Waals surface area contributed by atoms with Gasteiger partial charge in [0, 0.05) is 6.20 Å². The minimum Gasteiger partial charge on any atom is -0.418 e. The lowest BCUT2D eigenvalue weighted by Gasteiger charge is -2.07. The van der Waals surface area contributed by atoms with Crippen LogP contribution in [0.15, 0.2) is 22.7 Å². The summed E-state index contributed by atoms with van der Waals surface area (Å²) < 4.78 is 42.7. The minimum absolute atomic E-state index is 0.0919. The lowest BCUT2D eigenvalue weighted by molar-refractivity contribution is -0.137. The van der Waals surface area contributed by atoms with Crippen molar-refractivity contribution in [3.8, 4) is 11.6 Å². The van der Waals surface area contributed by atoms with Crippen LogP contribution in [0.5, 0.6) is 0 Å². The van der Waals surface area contributed by atoms with Crippen molar-refractivity contribution in [2.75, 3.05) is 7.05 Å². The van der Waals surface area contributed by atoms with Crippen molar-refractivity contribution < 1.29 is 17.6 Å². The summed E-state index contributed by atoms with van der Waals surface area (Å²) in [6.45, 7) is 1.95. The minimum atomic E-state index is -4.41. The maximum atomic E-state index is 12.4. The fourth-order valence-corrected chi connectivity index (χ4v) is 1.67. The van der Waals surface area contributed by atoms with E-state index in [0.717, 1.165) is 18.7 Å². The fourth-order valence-electron chi connectivity index (χ4n) is 1.67. The topological polar surface area (TPSA) is 63.8 Å². The van der Waals surface area contributed by atoms with Crippen molar-refractivity contribution in [1.82, 2.24) is 20.5 Å². The second-order valence-corrected chi connectivity index (χ2v) is 4.12. The van der Waals surface area contributed by atoms with E-state index in [2.05, 4.69) is 20.5 Å². The third kappa shape index (κ3) is 2.96. The highest BCUT2D eigenvalue weighted by molar-refractivity contribution is 5.46.